The van der Waals surface area contributed by atoms with Gasteiger partial charge in [0.2, 0.25) is 0 Å². The highest BCUT2D eigenvalue weighted by Crippen LogP contribution is 2.20. The highest BCUT2D eigenvalue weighted by Gasteiger charge is 2.10. The zero-order valence-electron chi connectivity index (χ0n) is 11.8. The second kappa shape index (κ2) is 6.81. The lowest BCUT2D eigenvalue weighted by Gasteiger charge is -2.07. The number of rotatable bonds is 4. The third kappa shape index (κ3) is 3.70. The molecule has 0 saturated carbocycles. The molecule has 0 N–H and O–H groups in total. The van der Waals surface area contributed by atoms with Crippen LogP contribution in [0.1, 0.15) is 15.9 Å². The molecule has 5 nitrogen and oxygen atoms in total. The average molecular weight is 348 g/mol. The lowest BCUT2D eigenvalue weighted by atomic mass is 10.2. The normalized spacial score (nSPS) is 10.5. The standard InChI is InChI=1S/C16H11Cl2N3O2/c17-14-8-12(9-19-15(14)18)16(22)23-10-11-2-4-13(5-3-11)21-7-1-6-20-21/h1-9H,10H2. The molecule has 7 heteroatoms. The van der Waals surface area contributed by atoms with E-state index in [9.17, 15) is 4.79 Å². The number of ether oxygens (including phenoxy) is 1. The van der Waals surface area contributed by atoms with Gasteiger partial charge in [-0.25, -0.2) is 14.5 Å². The quantitative estimate of drug-likeness (QED) is 0.530. The van der Waals surface area contributed by atoms with E-state index < -0.39 is 5.97 Å². The van der Waals surface area contributed by atoms with Crippen LogP contribution in [0.15, 0.2) is 55.0 Å². The summed E-state index contributed by atoms with van der Waals surface area (Å²) >= 11 is 11.5. The van der Waals surface area contributed by atoms with E-state index in [2.05, 4.69) is 10.1 Å². The minimum atomic E-state index is -0.507. The molecule has 0 saturated heterocycles. The first-order chi connectivity index (χ1) is 11.1. The third-order valence-electron chi connectivity index (χ3n) is 3.11. The molecule has 0 aliphatic carbocycles. The molecule has 23 heavy (non-hydrogen) atoms. The van der Waals surface area contributed by atoms with Gasteiger partial charge in [0.1, 0.15) is 11.8 Å². The first kappa shape index (κ1) is 15.5. The maximum atomic E-state index is 12.0. The molecule has 3 rings (SSSR count). The van der Waals surface area contributed by atoms with E-state index in [1.165, 1.54) is 12.3 Å². The van der Waals surface area contributed by atoms with E-state index in [1.54, 1.807) is 10.9 Å². The van der Waals surface area contributed by atoms with Gasteiger partial charge in [0.15, 0.2) is 0 Å². The lowest BCUT2D eigenvalue weighted by molar-refractivity contribution is 0.0472. The molecule has 1 aromatic carbocycles. The smallest absolute Gasteiger partial charge is 0.340 e. The predicted molar refractivity (Wildman–Crippen MR) is 86.9 cm³/mol. The fourth-order valence-corrected chi connectivity index (χ4v) is 2.20. The zero-order valence-corrected chi connectivity index (χ0v) is 13.3. The van der Waals surface area contributed by atoms with Gasteiger partial charge in [-0.2, -0.15) is 5.10 Å². The third-order valence-corrected chi connectivity index (χ3v) is 3.79. The summed E-state index contributed by atoms with van der Waals surface area (Å²) in [5.41, 5.74) is 2.05. The van der Waals surface area contributed by atoms with Crippen molar-refractivity contribution in [2.75, 3.05) is 0 Å². The Balaban J connectivity index is 1.63. The maximum Gasteiger partial charge on any atom is 0.340 e. The molecule has 0 aliphatic rings. The molecule has 0 bridgehead atoms. The van der Waals surface area contributed by atoms with Gasteiger partial charge in [-0.1, -0.05) is 35.3 Å². The first-order valence-corrected chi connectivity index (χ1v) is 7.46. The molecule has 0 unspecified atom stereocenters. The number of carbonyl (C=O) groups excluding carboxylic acids is 1. The van der Waals surface area contributed by atoms with Gasteiger partial charge in [-0.15, -0.1) is 0 Å². The number of carbonyl (C=O) groups is 1. The first-order valence-electron chi connectivity index (χ1n) is 6.70. The van der Waals surface area contributed by atoms with Crippen molar-refractivity contribution in [1.29, 1.82) is 0 Å². The maximum absolute atomic E-state index is 12.0. The van der Waals surface area contributed by atoms with Crippen LogP contribution in [0.25, 0.3) is 5.69 Å². The Hall–Kier alpha value is -2.37. The van der Waals surface area contributed by atoms with Crippen molar-refractivity contribution >= 4 is 29.2 Å². The number of nitrogens with zero attached hydrogens (tertiary/aromatic N) is 3. The minimum Gasteiger partial charge on any atom is -0.457 e. The largest absolute Gasteiger partial charge is 0.457 e. The van der Waals surface area contributed by atoms with Crippen LogP contribution in [0.2, 0.25) is 10.2 Å². The Labute approximate surface area is 142 Å². The molecule has 2 aromatic heterocycles. The van der Waals surface area contributed by atoms with Crippen LogP contribution in [0.4, 0.5) is 0 Å². The van der Waals surface area contributed by atoms with Crippen molar-refractivity contribution in [3.63, 3.8) is 0 Å². The number of hydrogen-bond donors (Lipinski definition) is 0. The van der Waals surface area contributed by atoms with Gasteiger partial charge in [0, 0.05) is 18.6 Å². The summed E-state index contributed by atoms with van der Waals surface area (Å²) in [7, 11) is 0. The number of esters is 1. The number of hydrogen-bond acceptors (Lipinski definition) is 4. The monoisotopic (exact) mass is 347 g/mol. The highest BCUT2D eigenvalue weighted by molar-refractivity contribution is 6.41. The van der Waals surface area contributed by atoms with Crippen molar-refractivity contribution in [3.8, 4) is 5.69 Å². The zero-order chi connectivity index (χ0) is 16.2. The predicted octanol–water partition coefficient (Wildman–Crippen LogP) is 3.93. The molecule has 116 valence electrons. The molecular weight excluding hydrogens is 337 g/mol. The van der Waals surface area contributed by atoms with Gasteiger partial charge in [-0.05, 0) is 29.8 Å². The van der Waals surface area contributed by atoms with E-state index >= 15 is 0 Å². The molecule has 0 atom stereocenters. The summed E-state index contributed by atoms with van der Waals surface area (Å²) < 4.78 is 6.98. The van der Waals surface area contributed by atoms with Gasteiger partial charge in [-0.3, -0.25) is 0 Å². The second-order valence-corrected chi connectivity index (χ2v) is 5.46. The van der Waals surface area contributed by atoms with Crippen molar-refractivity contribution in [3.05, 3.63) is 76.3 Å². The molecule has 0 spiro atoms. The SMILES string of the molecule is O=C(OCc1ccc(-n2cccn2)cc1)c1cnc(Cl)c(Cl)c1. The average Bonchev–Trinajstić information content (AvgIpc) is 3.10. The van der Waals surface area contributed by atoms with Crippen LogP contribution >= 0.6 is 23.2 Å². The second-order valence-electron chi connectivity index (χ2n) is 4.69. The summed E-state index contributed by atoms with van der Waals surface area (Å²) in [4.78, 5) is 15.8. The minimum absolute atomic E-state index is 0.150. The van der Waals surface area contributed by atoms with E-state index in [0.717, 1.165) is 11.3 Å². The van der Waals surface area contributed by atoms with Crippen LogP contribution < -0.4 is 0 Å². The number of aromatic nitrogens is 3. The van der Waals surface area contributed by atoms with Crippen LogP contribution in [0.5, 0.6) is 0 Å². The van der Waals surface area contributed by atoms with E-state index in [4.69, 9.17) is 27.9 Å². The summed E-state index contributed by atoms with van der Waals surface area (Å²) in [5, 5.41) is 4.51. The molecule has 0 radical (unpaired) electrons. The van der Waals surface area contributed by atoms with E-state index in [-0.39, 0.29) is 22.3 Å². The molecule has 0 aliphatic heterocycles. The van der Waals surface area contributed by atoms with Crippen LogP contribution in [0.3, 0.4) is 0 Å². The van der Waals surface area contributed by atoms with Gasteiger partial charge in [0.05, 0.1) is 16.3 Å². The van der Waals surface area contributed by atoms with Gasteiger partial charge < -0.3 is 4.74 Å². The van der Waals surface area contributed by atoms with E-state index in [0.29, 0.717) is 0 Å². The molecule has 0 fully saturated rings. The summed E-state index contributed by atoms with van der Waals surface area (Å²) in [6, 6.07) is 10.8. The Morgan fingerprint density at radius 3 is 2.65 bits per heavy atom. The molecular formula is C16H11Cl2N3O2. The number of benzene rings is 1. The molecule has 2 heterocycles. The summed E-state index contributed by atoms with van der Waals surface area (Å²) in [6.45, 7) is 0.151. The van der Waals surface area contributed by atoms with Gasteiger partial charge in [0.25, 0.3) is 0 Å². The Morgan fingerprint density at radius 1 is 1.22 bits per heavy atom. The summed E-state index contributed by atoms with van der Waals surface area (Å²) in [5.74, 6) is -0.507. The molecule has 3 aromatic rings. The van der Waals surface area contributed by atoms with Crippen LogP contribution in [-0.2, 0) is 11.3 Å². The van der Waals surface area contributed by atoms with Crippen molar-refractivity contribution in [2.24, 2.45) is 0 Å². The Morgan fingerprint density at radius 2 is 2.00 bits per heavy atom. The number of pyridine rings is 1. The number of halogens is 2. The van der Waals surface area contributed by atoms with Gasteiger partial charge >= 0.3 is 5.97 Å². The fraction of sp³-hybridized carbons (Fsp3) is 0.0625. The lowest BCUT2D eigenvalue weighted by Crippen LogP contribution is -2.06. The summed E-state index contributed by atoms with van der Waals surface area (Å²) in [6.07, 6.45) is 4.89. The topological polar surface area (TPSA) is 57.0 Å². The van der Waals surface area contributed by atoms with Crippen molar-refractivity contribution < 1.29 is 9.53 Å². The van der Waals surface area contributed by atoms with Crippen molar-refractivity contribution in [2.45, 2.75) is 6.61 Å². The fourth-order valence-electron chi connectivity index (χ4n) is 1.93. The van der Waals surface area contributed by atoms with E-state index in [1.807, 2.05) is 36.5 Å². The Kier molecular flexibility index (Phi) is 4.60. The van der Waals surface area contributed by atoms with Crippen LogP contribution in [-0.4, -0.2) is 20.7 Å². The Bertz CT molecular complexity index is 818. The molecule has 0 amide bonds. The van der Waals surface area contributed by atoms with Crippen molar-refractivity contribution in [1.82, 2.24) is 14.8 Å². The highest BCUT2D eigenvalue weighted by atomic mass is 35.5. The van der Waals surface area contributed by atoms with Crippen LogP contribution in [0, 0.1) is 0 Å².